The minimum Gasteiger partial charge on any atom is -0.139 e. The molecule has 0 aromatic carbocycles. The van der Waals surface area contributed by atoms with Crippen LogP contribution >= 0.6 is 56.7 Å². The van der Waals surface area contributed by atoms with Gasteiger partial charge in [-0.05, 0) is 99.7 Å². The monoisotopic (exact) mass is 592 g/mol. The third kappa shape index (κ3) is 7.25. The molecular formula is C33H36S5. The van der Waals surface area contributed by atoms with Crippen LogP contribution in [0.5, 0.6) is 0 Å². The molecule has 5 aromatic heterocycles. The SMILES string of the molecule is C/C=C/CCCCCCCCc1ccc(-c2ccc(-c3ccc(-c4ccc(-c5ccc(CC)s5)s4)s3)s2)s1. The summed E-state index contributed by atoms with van der Waals surface area (Å²) >= 11 is 9.67. The van der Waals surface area contributed by atoms with Crippen molar-refractivity contribution >= 4 is 56.7 Å². The van der Waals surface area contributed by atoms with Gasteiger partial charge in [-0.15, -0.1) is 56.7 Å². The second-order valence-corrected chi connectivity index (χ2v) is 15.2. The molecule has 5 aromatic rings. The lowest BCUT2D eigenvalue weighted by molar-refractivity contribution is 0.598. The molecule has 5 rings (SSSR count). The minimum absolute atomic E-state index is 1.12. The minimum atomic E-state index is 1.12. The maximum Gasteiger partial charge on any atom is 0.0449 e. The second kappa shape index (κ2) is 14.0. The van der Waals surface area contributed by atoms with Gasteiger partial charge in [0.2, 0.25) is 0 Å². The molecule has 0 nitrogen and oxygen atoms in total. The van der Waals surface area contributed by atoms with Crippen LogP contribution in [0.2, 0.25) is 0 Å². The number of rotatable bonds is 14. The van der Waals surface area contributed by atoms with E-state index in [2.05, 4.69) is 86.7 Å². The molecule has 0 unspecified atom stereocenters. The molecule has 0 bridgehead atoms. The third-order valence-corrected chi connectivity index (χ3v) is 13.2. The van der Waals surface area contributed by atoms with Gasteiger partial charge in [0.1, 0.15) is 0 Å². The van der Waals surface area contributed by atoms with Crippen LogP contribution in [0, 0.1) is 0 Å². The van der Waals surface area contributed by atoms with Gasteiger partial charge in [0.25, 0.3) is 0 Å². The van der Waals surface area contributed by atoms with Gasteiger partial charge < -0.3 is 0 Å². The predicted molar refractivity (Wildman–Crippen MR) is 178 cm³/mol. The zero-order chi connectivity index (χ0) is 26.2. The normalized spacial score (nSPS) is 11.7. The molecule has 0 N–H and O–H groups in total. The van der Waals surface area contributed by atoms with E-state index in [1.165, 1.54) is 100 Å². The fourth-order valence-electron chi connectivity index (χ4n) is 4.59. The molecule has 0 fully saturated rings. The van der Waals surface area contributed by atoms with Crippen molar-refractivity contribution in [1.29, 1.82) is 0 Å². The average Bonchev–Trinajstić information content (AvgIpc) is 3.75. The Kier molecular flexibility index (Phi) is 10.3. The van der Waals surface area contributed by atoms with Crippen molar-refractivity contribution in [2.75, 3.05) is 0 Å². The molecule has 0 spiro atoms. The first kappa shape index (κ1) is 27.8. The van der Waals surface area contributed by atoms with Gasteiger partial charge in [-0.1, -0.05) is 44.8 Å². The summed E-state index contributed by atoms with van der Waals surface area (Å²) in [4.78, 5) is 14.1. The van der Waals surface area contributed by atoms with E-state index >= 15 is 0 Å². The fourth-order valence-corrected chi connectivity index (χ4v) is 9.96. The second-order valence-electron chi connectivity index (χ2n) is 9.61. The Morgan fingerprint density at radius 2 is 0.868 bits per heavy atom. The average molecular weight is 593 g/mol. The highest BCUT2D eigenvalue weighted by Crippen LogP contribution is 2.44. The van der Waals surface area contributed by atoms with Gasteiger partial charge in [0.15, 0.2) is 0 Å². The molecule has 5 heterocycles. The van der Waals surface area contributed by atoms with Crippen LogP contribution in [0.3, 0.4) is 0 Å². The zero-order valence-corrected chi connectivity index (χ0v) is 26.4. The Morgan fingerprint density at radius 1 is 0.474 bits per heavy atom. The number of hydrogen-bond donors (Lipinski definition) is 0. The van der Waals surface area contributed by atoms with E-state index in [1.54, 1.807) is 0 Å². The van der Waals surface area contributed by atoms with Crippen molar-refractivity contribution in [3.05, 3.63) is 82.6 Å². The summed E-state index contributed by atoms with van der Waals surface area (Å²) < 4.78 is 0. The van der Waals surface area contributed by atoms with E-state index in [-0.39, 0.29) is 0 Å². The van der Waals surface area contributed by atoms with Gasteiger partial charge in [0, 0.05) is 48.8 Å². The van der Waals surface area contributed by atoms with Gasteiger partial charge >= 0.3 is 0 Å². The van der Waals surface area contributed by atoms with Crippen molar-refractivity contribution in [1.82, 2.24) is 0 Å². The first-order valence-corrected chi connectivity index (χ1v) is 17.9. The van der Waals surface area contributed by atoms with Gasteiger partial charge in [-0.3, -0.25) is 0 Å². The van der Waals surface area contributed by atoms with E-state index in [1.807, 2.05) is 56.7 Å². The van der Waals surface area contributed by atoms with Crippen LogP contribution in [0.15, 0.2) is 72.8 Å². The molecule has 0 amide bonds. The van der Waals surface area contributed by atoms with Gasteiger partial charge in [0.05, 0.1) is 0 Å². The smallest absolute Gasteiger partial charge is 0.0449 e. The zero-order valence-electron chi connectivity index (χ0n) is 22.3. The standard InChI is InChI=1S/C33H36S5/c1-3-5-6-7-8-9-10-11-12-13-25-15-17-27(35-25)29-19-21-31(37-29)33-23-22-32(38-33)30-20-18-28(36-30)26-16-14-24(4-2)34-26/h3,5,14-23H,4,6-13H2,1-2H3/b5-3+. The number of unbranched alkanes of at least 4 members (excludes halogenated alkanes) is 6. The molecule has 198 valence electrons. The first-order valence-electron chi connectivity index (χ1n) is 13.8. The molecule has 0 radical (unpaired) electrons. The summed E-state index contributed by atoms with van der Waals surface area (Å²) in [6.07, 6.45) is 16.2. The summed E-state index contributed by atoms with van der Waals surface area (Å²) in [7, 11) is 0. The molecule has 0 atom stereocenters. The molecule has 5 heteroatoms. The first-order chi connectivity index (χ1) is 18.7. The van der Waals surface area contributed by atoms with E-state index < -0.39 is 0 Å². The summed E-state index contributed by atoms with van der Waals surface area (Å²) in [6.45, 7) is 4.34. The van der Waals surface area contributed by atoms with E-state index in [9.17, 15) is 0 Å². The van der Waals surface area contributed by atoms with Crippen molar-refractivity contribution in [2.24, 2.45) is 0 Å². The summed E-state index contributed by atoms with van der Waals surface area (Å²) in [6, 6.07) is 23.0. The number of thiophene rings is 5. The number of hydrogen-bond acceptors (Lipinski definition) is 5. The molecule has 38 heavy (non-hydrogen) atoms. The van der Waals surface area contributed by atoms with Crippen molar-refractivity contribution < 1.29 is 0 Å². The summed E-state index contributed by atoms with van der Waals surface area (Å²) in [5, 5.41) is 0. The van der Waals surface area contributed by atoms with Crippen molar-refractivity contribution in [3.63, 3.8) is 0 Å². The molecular weight excluding hydrogens is 557 g/mol. The maximum absolute atomic E-state index is 2.35. The highest BCUT2D eigenvalue weighted by Gasteiger charge is 2.13. The quantitative estimate of drug-likeness (QED) is 0.0888. The lowest BCUT2D eigenvalue weighted by Crippen LogP contribution is -1.83. The van der Waals surface area contributed by atoms with Crippen LogP contribution < -0.4 is 0 Å². The predicted octanol–water partition coefficient (Wildman–Crippen LogP) is 13.1. The van der Waals surface area contributed by atoms with Crippen LogP contribution in [-0.4, -0.2) is 0 Å². The fraction of sp³-hybridized carbons (Fsp3) is 0.333. The van der Waals surface area contributed by atoms with E-state index in [4.69, 9.17) is 0 Å². The Morgan fingerprint density at radius 3 is 1.34 bits per heavy atom. The lowest BCUT2D eigenvalue weighted by atomic mass is 10.1. The van der Waals surface area contributed by atoms with E-state index in [0.29, 0.717) is 0 Å². The lowest BCUT2D eigenvalue weighted by Gasteiger charge is -2.00. The Hall–Kier alpha value is -1.76. The van der Waals surface area contributed by atoms with Gasteiger partial charge in [-0.25, -0.2) is 0 Å². The molecule has 0 saturated carbocycles. The third-order valence-electron chi connectivity index (χ3n) is 6.74. The number of allylic oxidation sites excluding steroid dienone is 2. The van der Waals surface area contributed by atoms with Crippen LogP contribution in [0.25, 0.3) is 39.0 Å². The number of aryl methyl sites for hydroxylation is 2. The van der Waals surface area contributed by atoms with Crippen molar-refractivity contribution in [2.45, 2.75) is 71.6 Å². The molecule has 0 aliphatic heterocycles. The molecule has 0 aliphatic rings. The van der Waals surface area contributed by atoms with Crippen LogP contribution in [0.4, 0.5) is 0 Å². The summed E-state index contributed by atoms with van der Waals surface area (Å²) in [5.41, 5.74) is 0. The Balaban J connectivity index is 1.14. The van der Waals surface area contributed by atoms with Gasteiger partial charge in [-0.2, -0.15) is 0 Å². The van der Waals surface area contributed by atoms with E-state index in [0.717, 1.165) is 6.42 Å². The highest BCUT2D eigenvalue weighted by molar-refractivity contribution is 7.29. The Labute approximate surface area is 248 Å². The molecule has 0 aliphatic carbocycles. The summed E-state index contributed by atoms with van der Waals surface area (Å²) in [5.74, 6) is 0. The van der Waals surface area contributed by atoms with Crippen LogP contribution in [0.1, 0.15) is 68.5 Å². The topological polar surface area (TPSA) is 0 Å². The van der Waals surface area contributed by atoms with Crippen LogP contribution in [-0.2, 0) is 12.8 Å². The Bertz CT molecular complexity index is 1430. The van der Waals surface area contributed by atoms with Crippen molar-refractivity contribution in [3.8, 4) is 39.0 Å². The molecule has 0 saturated heterocycles. The largest absolute Gasteiger partial charge is 0.139 e. The maximum atomic E-state index is 2.35. The highest BCUT2D eigenvalue weighted by atomic mass is 32.1.